The first-order valence-electron chi connectivity index (χ1n) is 8.25. The Bertz CT molecular complexity index is 1120. The molecule has 0 saturated heterocycles. The lowest BCUT2D eigenvalue weighted by Crippen LogP contribution is -1.98. The molecule has 3 nitrogen and oxygen atoms in total. The first-order valence-corrected chi connectivity index (χ1v) is 9.13. The Kier molecular flexibility index (Phi) is 3.77. The van der Waals surface area contributed by atoms with Crippen LogP contribution in [-0.4, -0.2) is 16.1 Å². The van der Waals surface area contributed by atoms with Crippen LogP contribution in [0, 0.1) is 0 Å². The average molecular weight is 347 g/mol. The minimum absolute atomic E-state index is 0.0389. The van der Waals surface area contributed by atoms with Crippen molar-refractivity contribution < 1.29 is 9.59 Å². The van der Waals surface area contributed by atoms with Crippen LogP contribution in [0.25, 0.3) is 21.8 Å². The molecule has 2 aromatic carbocycles. The molecule has 0 amide bonds. The molecule has 25 heavy (non-hydrogen) atoms. The molecule has 0 atom stereocenters. The van der Waals surface area contributed by atoms with E-state index >= 15 is 0 Å². The number of carbonyl (C=O) groups is 2. The molecule has 124 valence electrons. The van der Waals surface area contributed by atoms with Crippen molar-refractivity contribution in [1.29, 1.82) is 0 Å². The molecule has 0 radical (unpaired) electrons. The summed E-state index contributed by atoms with van der Waals surface area (Å²) in [4.78, 5) is 25.2. The van der Waals surface area contributed by atoms with Crippen molar-refractivity contribution in [2.45, 2.75) is 20.4 Å². The number of hydrogen-bond acceptors (Lipinski definition) is 3. The van der Waals surface area contributed by atoms with Gasteiger partial charge in [0.15, 0.2) is 5.78 Å². The van der Waals surface area contributed by atoms with Crippen LogP contribution in [0.5, 0.6) is 0 Å². The smallest absolute Gasteiger partial charge is 0.202 e. The average Bonchev–Trinajstić information content (AvgIpc) is 3.26. The van der Waals surface area contributed by atoms with Gasteiger partial charge in [-0.2, -0.15) is 0 Å². The summed E-state index contributed by atoms with van der Waals surface area (Å²) in [7, 11) is 0. The van der Waals surface area contributed by atoms with Crippen LogP contribution in [0.2, 0.25) is 0 Å². The van der Waals surface area contributed by atoms with E-state index in [0.29, 0.717) is 11.1 Å². The van der Waals surface area contributed by atoms with Gasteiger partial charge in [-0.05, 0) is 61.7 Å². The zero-order valence-electron chi connectivity index (χ0n) is 14.1. The lowest BCUT2D eigenvalue weighted by molar-refractivity contribution is 0.101. The summed E-state index contributed by atoms with van der Waals surface area (Å²) in [5.74, 6) is 0.0853. The number of aromatic nitrogens is 1. The largest absolute Gasteiger partial charge is 0.341 e. The Hall–Kier alpha value is -2.72. The minimum Gasteiger partial charge on any atom is -0.341 e. The summed E-state index contributed by atoms with van der Waals surface area (Å²) in [6.45, 7) is 4.51. The fraction of sp³-hybridized carbons (Fsp3) is 0.143. The summed E-state index contributed by atoms with van der Waals surface area (Å²) >= 11 is 1.45. The van der Waals surface area contributed by atoms with Crippen LogP contribution in [0.1, 0.15) is 39.4 Å². The molecule has 4 aromatic rings. The van der Waals surface area contributed by atoms with E-state index in [9.17, 15) is 9.59 Å². The quantitative estimate of drug-likeness (QED) is 0.469. The summed E-state index contributed by atoms with van der Waals surface area (Å²) < 4.78 is 2.22. The van der Waals surface area contributed by atoms with Gasteiger partial charge in [0.2, 0.25) is 5.78 Å². The van der Waals surface area contributed by atoms with Gasteiger partial charge in [-0.25, -0.2) is 0 Å². The first kappa shape index (κ1) is 15.8. The van der Waals surface area contributed by atoms with E-state index in [-0.39, 0.29) is 11.6 Å². The standard InChI is InChI=1S/C21H17NO2S/c1-3-22-18-8-6-14(13(2)23)11-16(18)17-12-15(7-9-19(17)22)21(24)20-5-4-10-25-20/h4-12H,3H2,1-2H3. The van der Waals surface area contributed by atoms with Crippen molar-refractivity contribution in [3.05, 3.63) is 69.9 Å². The zero-order chi connectivity index (χ0) is 17.6. The SMILES string of the molecule is CCn1c2ccc(C(C)=O)cc2c2cc(C(=O)c3cccs3)ccc21. The number of nitrogens with zero attached hydrogens (tertiary/aromatic N) is 1. The Morgan fingerprint density at radius 1 is 0.960 bits per heavy atom. The number of rotatable bonds is 4. The van der Waals surface area contributed by atoms with Gasteiger partial charge < -0.3 is 4.57 Å². The molecule has 0 aliphatic rings. The lowest BCUT2D eigenvalue weighted by Gasteiger charge is -2.03. The number of fused-ring (bicyclic) bond motifs is 3. The van der Waals surface area contributed by atoms with Gasteiger partial charge >= 0.3 is 0 Å². The van der Waals surface area contributed by atoms with Gasteiger partial charge in [0.1, 0.15) is 0 Å². The fourth-order valence-electron chi connectivity index (χ4n) is 3.35. The Morgan fingerprint density at radius 2 is 1.60 bits per heavy atom. The number of benzene rings is 2. The minimum atomic E-state index is 0.0389. The highest BCUT2D eigenvalue weighted by molar-refractivity contribution is 7.12. The van der Waals surface area contributed by atoms with Crippen LogP contribution >= 0.6 is 11.3 Å². The zero-order valence-corrected chi connectivity index (χ0v) is 14.9. The Morgan fingerprint density at radius 3 is 2.16 bits per heavy atom. The van der Waals surface area contributed by atoms with E-state index in [0.717, 1.165) is 33.2 Å². The maximum Gasteiger partial charge on any atom is 0.202 e. The van der Waals surface area contributed by atoms with Crippen LogP contribution in [-0.2, 0) is 6.54 Å². The molecule has 0 aliphatic heterocycles. The molecular weight excluding hydrogens is 330 g/mol. The topological polar surface area (TPSA) is 39.1 Å². The Labute approximate surface area is 149 Å². The van der Waals surface area contributed by atoms with Crippen molar-refractivity contribution in [3.8, 4) is 0 Å². The highest BCUT2D eigenvalue weighted by Gasteiger charge is 2.15. The predicted octanol–water partition coefficient (Wildman–Crippen LogP) is 5.31. The third kappa shape index (κ3) is 2.50. The van der Waals surface area contributed by atoms with Crippen molar-refractivity contribution >= 4 is 44.7 Å². The van der Waals surface area contributed by atoms with Crippen molar-refractivity contribution in [3.63, 3.8) is 0 Å². The van der Waals surface area contributed by atoms with Gasteiger partial charge in [0.05, 0.1) is 4.88 Å². The monoisotopic (exact) mass is 347 g/mol. The van der Waals surface area contributed by atoms with Gasteiger partial charge in [-0.3, -0.25) is 9.59 Å². The van der Waals surface area contributed by atoms with Crippen LogP contribution in [0.4, 0.5) is 0 Å². The van der Waals surface area contributed by atoms with E-state index in [1.807, 2.05) is 53.9 Å². The van der Waals surface area contributed by atoms with Gasteiger partial charge in [0.25, 0.3) is 0 Å². The molecule has 0 N–H and O–H groups in total. The molecular formula is C21H17NO2S. The number of carbonyl (C=O) groups excluding carboxylic acids is 2. The predicted molar refractivity (Wildman–Crippen MR) is 103 cm³/mol. The van der Waals surface area contributed by atoms with E-state index < -0.39 is 0 Å². The number of thiophene rings is 1. The van der Waals surface area contributed by atoms with Crippen LogP contribution in [0.15, 0.2) is 53.9 Å². The van der Waals surface area contributed by atoms with Gasteiger partial charge in [0, 0.05) is 39.5 Å². The van der Waals surface area contributed by atoms with Gasteiger partial charge in [-0.1, -0.05) is 6.07 Å². The second kappa shape index (κ2) is 5.97. The first-order chi connectivity index (χ1) is 12.1. The summed E-state index contributed by atoms with van der Waals surface area (Å²) in [6, 6.07) is 15.4. The molecule has 2 heterocycles. The molecule has 2 aromatic heterocycles. The van der Waals surface area contributed by atoms with E-state index in [1.54, 1.807) is 6.92 Å². The third-order valence-electron chi connectivity index (χ3n) is 4.59. The molecule has 0 unspecified atom stereocenters. The molecule has 0 saturated carbocycles. The second-order valence-electron chi connectivity index (χ2n) is 6.07. The van der Waals surface area contributed by atoms with E-state index in [1.165, 1.54) is 11.3 Å². The second-order valence-corrected chi connectivity index (χ2v) is 7.02. The summed E-state index contributed by atoms with van der Waals surface area (Å²) in [5, 5.41) is 3.95. The van der Waals surface area contributed by atoms with Crippen molar-refractivity contribution in [2.24, 2.45) is 0 Å². The van der Waals surface area contributed by atoms with Crippen LogP contribution < -0.4 is 0 Å². The molecule has 0 spiro atoms. The normalized spacial score (nSPS) is 11.3. The molecule has 0 aliphatic carbocycles. The molecule has 0 bridgehead atoms. The number of hydrogen-bond donors (Lipinski definition) is 0. The molecule has 4 heteroatoms. The number of ketones is 2. The van der Waals surface area contributed by atoms with Gasteiger partial charge in [-0.15, -0.1) is 11.3 Å². The van der Waals surface area contributed by atoms with Crippen molar-refractivity contribution in [2.75, 3.05) is 0 Å². The number of Topliss-reactive ketones (excluding diaryl/α,β-unsaturated/α-hetero) is 1. The summed E-state index contributed by atoms with van der Waals surface area (Å²) in [6.07, 6.45) is 0. The van der Waals surface area contributed by atoms with Crippen molar-refractivity contribution in [1.82, 2.24) is 4.57 Å². The highest BCUT2D eigenvalue weighted by atomic mass is 32.1. The maximum atomic E-state index is 12.7. The highest BCUT2D eigenvalue weighted by Crippen LogP contribution is 2.31. The van der Waals surface area contributed by atoms with Crippen LogP contribution in [0.3, 0.4) is 0 Å². The Balaban J connectivity index is 1.99. The molecule has 4 rings (SSSR count). The maximum absolute atomic E-state index is 12.7. The lowest BCUT2D eigenvalue weighted by atomic mass is 10.0. The van der Waals surface area contributed by atoms with E-state index in [4.69, 9.17) is 0 Å². The third-order valence-corrected chi connectivity index (χ3v) is 5.46. The number of aryl methyl sites for hydroxylation is 1. The van der Waals surface area contributed by atoms with E-state index in [2.05, 4.69) is 11.5 Å². The fourth-order valence-corrected chi connectivity index (χ4v) is 4.04. The summed E-state index contributed by atoms with van der Waals surface area (Å²) in [5.41, 5.74) is 3.54. The molecule has 0 fully saturated rings.